The van der Waals surface area contributed by atoms with E-state index in [0.29, 0.717) is 11.6 Å². The number of benzene rings is 1. The van der Waals surface area contributed by atoms with Crippen molar-refractivity contribution < 1.29 is 4.79 Å². The van der Waals surface area contributed by atoms with Gasteiger partial charge in [0.15, 0.2) is 0 Å². The fraction of sp³-hybridized carbons (Fsp3) is 0.588. The van der Waals surface area contributed by atoms with Crippen molar-refractivity contribution in [2.24, 2.45) is 17.8 Å². The van der Waals surface area contributed by atoms with Gasteiger partial charge in [-0.05, 0) is 74.6 Å². The van der Waals surface area contributed by atoms with Gasteiger partial charge in [0.25, 0.3) is 0 Å². The highest BCUT2D eigenvalue weighted by Crippen LogP contribution is 2.48. The van der Waals surface area contributed by atoms with Gasteiger partial charge in [0.2, 0.25) is 5.91 Å². The van der Waals surface area contributed by atoms with E-state index in [1.54, 1.807) is 6.07 Å². The Bertz CT molecular complexity index is 512. The molecule has 0 bridgehead atoms. The molecular formula is C17H23ClN2O. The van der Waals surface area contributed by atoms with Gasteiger partial charge in [0.1, 0.15) is 0 Å². The Labute approximate surface area is 131 Å². The molecule has 3 rings (SSSR count). The predicted molar refractivity (Wildman–Crippen MR) is 86.6 cm³/mol. The van der Waals surface area contributed by atoms with Crippen LogP contribution in [0.3, 0.4) is 0 Å². The van der Waals surface area contributed by atoms with Crippen molar-refractivity contribution >= 4 is 23.2 Å². The molecule has 0 unspecified atom stereocenters. The Morgan fingerprint density at radius 3 is 2.57 bits per heavy atom. The Balaban J connectivity index is 1.44. The lowest BCUT2D eigenvalue weighted by Gasteiger charge is -2.16. The van der Waals surface area contributed by atoms with Crippen molar-refractivity contribution in [2.75, 3.05) is 18.4 Å². The van der Waals surface area contributed by atoms with Crippen LogP contribution in [0.4, 0.5) is 5.69 Å². The van der Waals surface area contributed by atoms with Crippen molar-refractivity contribution in [3.63, 3.8) is 0 Å². The van der Waals surface area contributed by atoms with Crippen LogP contribution in [0.15, 0.2) is 18.2 Å². The first-order valence-electron chi connectivity index (χ1n) is 7.90. The summed E-state index contributed by atoms with van der Waals surface area (Å²) in [6.45, 7) is 3.33. The number of anilines is 1. The monoisotopic (exact) mass is 306 g/mol. The summed E-state index contributed by atoms with van der Waals surface area (Å²) in [5, 5.41) is 6.91. The van der Waals surface area contributed by atoms with Crippen LogP contribution in [-0.2, 0) is 4.79 Å². The highest BCUT2D eigenvalue weighted by Gasteiger charge is 2.40. The number of carbonyl (C=O) groups is 1. The van der Waals surface area contributed by atoms with Gasteiger partial charge >= 0.3 is 0 Å². The number of carbonyl (C=O) groups excluding carboxylic acids is 1. The van der Waals surface area contributed by atoms with Crippen molar-refractivity contribution in [2.45, 2.75) is 32.6 Å². The molecule has 0 aromatic heterocycles. The molecule has 1 aromatic carbocycles. The number of halogens is 1. The molecule has 2 saturated carbocycles. The minimum atomic E-state index is 0.00529. The zero-order valence-corrected chi connectivity index (χ0v) is 13.2. The molecule has 3 nitrogen and oxygen atoms in total. The van der Waals surface area contributed by atoms with Crippen LogP contribution in [0.5, 0.6) is 0 Å². The average molecular weight is 307 g/mol. The Kier molecular flexibility index (Phi) is 4.51. The summed E-state index contributed by atoms with van der Waals surface area (Å²) in [6.07, 6.45) is 5.54. The van der Waals surface area contributed by atoms with Crippen LogP contribution >= 0.6 is 11.6 Å². The van der Waals surface area contributed by atoms with Gasteiger partial charge < -0.3 is 10.6 Å². The number of hydrogen-bond acceptors (Lipinski definition) is 2. The third-order valence-electron chi connectivity index (χ3n) is 4.59. The van der Waals surface area contributed by atoms with Gasteiger partial charge in [-0.3, -0.25) is 4.79 Å². The van der Waals surface area contributed by atoms with Crippen molar-refractivity contribution in [1.82, 2.24) is 5.32 Å². The number of nitrogens with one attached hydrogen (secondary N) is 2. The number of hydrogen-bond donors (Lipinski definition) is 2. The number of amides is 1. The van der Waals surface area contributed by atoms with E-state index < -0.39 is 0 Å². The molecule has 0 radical (unpaired) electrons. The number of aryl methyl sites for hydroxylation is 1. The average Bonchev–Trinajstić information content (AvgIpc) is 3.32. The topological polar surface area (TPSA) is 41.1 Å². The molecule has 2 fully saturated rings. The highest BCUT2D eigenvalue weighted by atomic mass is 35.5. The fourth-order valence-electron chi connectivity index (χ4n) is 3.04. The van der Waals surface area contributed by atoms with E-state index in [9.17, 15) is 4.79 Å². The zero-order chi connectivity index (χ0) is 14.8. The van der Waals surface area contributed by atoms with Crippen LogP contribution in [0, 0.1) is 24.7 Å². The minimum absolute atomic E-state index is 0.00529. The lowest BCUT2D eigenvalue weighted by atomic mass is 9.98. The van der Waals surface area contributed by atoms with Crippen LogP contribution in [0.2, 0.25) is 5.02 Å². The molecule has 1 aromatic rings. The lowest BCUT2D eigenvalue weighted by molar-refractivity contribution is -0.115. The first-order chi connectivity index (χ1) is 10.1. The van der Waals surface area contributed by atoms with E-state index in [4.69, 9.17) is 11.6 Å². The quantitative estimate of drug-likeness (QED) is 0.808. The molecule has 114 valence electrons. The van der Waals surface area contributed by atoms with Gasteiger partial charge in [0.05, 0.1) is 6.54 Å². The maximum absolute atomic E-state index is 12.0. The molecule has 4 heteroatoms. The normalized spacial score (nSPS) is 18.0. The summed E-state index contributed by atoms with van der Waals surface area (Å²) in [4.78, 5) is 12.0. The Hall–Kier alpha value is -1.06. The second-order valence-corrected chi connectivity index (χ2v) is 6.91. The molecule has 0 spiro atoms. The van der Waals surface area contributed by atoms with Crippen molar-refractivity contribution in [3.8, 4) is 0 Å². The van der Waals surface area contributed by atoms with Gasteiger partial charge in [-0.25, -0.2) is 0 Å². The standard InChI is InChI=1S/C17H23ClN2O/c1-11-2-7-14(18)8-16(11)20-17(21)10-19-9-15(12-3-4-12)13-5-6-13/h2,7-8,12-13,15,19H,3-6,9-10H2,1H3,(H,20,21). The number of rotatable bonds is 7. The maximum atomic E-state index is 12.0. The molecule has 0 aliphatic heterocycles. The molecule has 2 aliphatic rings. The van der Waals surface area contributed by atoms with Gasteiger partial charge in [0, 0.05) is 10.7 Å². The molecule has 1 amide bonds. The van der Waals surface area contributed by atoms with E-state index >= 15 is 0 Å². The summed E-state index contributed by atoms with van der Waals surface area (Å²) in [6, 6.07) is 5.55. The van der Waals surface area contributed by atoms with E-state index in [1.807, 2.05) is 19.1 Å². The van der Waals surface area contributed by atoms with E-state index in [-0.39, 0.29) is 5.91 Å². The largest absolute Gasteiger partial charge is 0.325 e. The second kappa shape index (κ2) is 6.37. The molecule has 2 aliphatic carbocycles. The Morgan fingerprint density at radius 1 is 1.29 bits per heavy atom. The summed E-state index contributed by atoms with van der Waals surface area (Å²) in [5.74, 6) is 2.64. The van der Waals surface area contributed by atoms with Crippen molar-refractivity contribution in [3.05, 3.63) is 28.8 Å². The van der Waals surface area contributed by atoms with Crippen LogP contribution in [-0.4, -0.2) is 19.0 Å². The van der Waals surface area contributed by atoms with Crippen LogP contribution in [0.1, 0.15) is 31.2 Å². The van der Waals surface area contributed by atoms with Gasteiger partial charge in [-0.2, -0.15) is 0 Å². The first-order valence-corrected chi connectivity index (χ1v) is 8.28. The molecular weight excluding hydrogens is 284 g/mol. The highest BCUT2D eigenvalue weighted by molar-refractivity contribution is 6.31. The van der Waals surface area contributed by atoms with E-state index in [0.717, 1.165) is 35.5 Å². The van der Waals surface area contributed by atoms with Crippen molar-refractivity contribution in [1.29, 1.82) is 0 Å². The summed E-state index contributed by atoms with van der Waals surface area (Å²) >= 11 is 5.96. The van der Waals surface area contributed by atoms with E-state index in [2.05, 4.69) is 10.6 Å². The molecule has 2 N–H and O–H groups in total. The van der Waals surface area contributed by atoms with Gasteiger partial charge in [-0.1, -0.05) is 17.7 Å². The molecule has 0 saturated heterocycles. The van der Waals surface area contributed by atoms with Gasteiger partial charge in [-0.15, -0.1) is 0 Å². The zero-order valence-electron chi connectivity index (χ0n) is 12.5. The SMILES string of the molecule is Cc1ccc(Cl)cc1NC(=O)CNCC(C1CC1)C1CC1. The predicted octanol–water partition coefficient (Wildman–Crippen LogP) is 3.61. The van der Waals surface area contributed by atoms with Crippen LogP contribution in [0.25, 0.3) is 0 Å². The second-order valence-electron chi connectivity index (χ2n) is 6.48. The molecule has 0 atom stereocenters. The minimum Gasteiger partial charge on any atom is -0.325 e. The summed E-state index contributed by atoms with van der Waals surface area (Å²) in [5.41, 5.74) is 1.83. The first kappa shape index (κ1) is 14.9. The lowest BCUT2D eigenvalue weighted by Crippen LogP contribution is -2.33. The van der Waals surface area contributed by atoms with Crippen LogP contribution < -0.4 is 10.6 Å². The third-order valence-corrected chi connectivity index (χ3v) is 4.83. The maximum Gasteiger partial charge on any atom is 0.238 e. The smallest absolute Gasteiger partial charge is 0.238 e. The molecule has 0 heterocycles. The summed E-state index contributed by atoms with van der Waals surface area (Å²) < 4.78 is 0. The van der Waals surface area contributed by atoms with E-state index in [1.165, 1.54) is 25.7 Å². The Morgan fingerprint density at radius 2 is 1.95 bits per heavy atom. The fourth-order valence-corrected chi connectivity index (χ4v) is 3.21. The summed E-state index contributed by atoms with van der Waals surface area (Å²) in [7, 11) is 0. The molecule has 21 heavy (non-hydrogen) atoms. The third kappa shape index (κ3) is 4.21.